The third-order valence-electron chi connectivity index (χ3n) is 1.18. The first-order chi connectivity index (χ1) is 4.88. The molecule has 0 saturated heterocycles. The zero-order valence-corrected chi connectivity index (χ0v) is 5.66. The number of methoxy groups -OCH3 is 1. The van der Waals surface area contributed by atoms with Crippen molar-refractivity contribution >= 4 is 0 Å². The van der Waals surface area contributed by atoms with Gasteiger partial charge < -0.3 is 9.84 Å². The summed E-state index contributed by atoms with van der Waals surface area (Å²) in [5.74, 6) is 0.505. The molecule has 0 spiro atoms. The maximum absolute atomic E-state index is 8.72. The van der Waals surface area contributed by atoms with Gasteiger partial charge in [0.05, 0.1) is 13.7 Å². The average Bonchev–Trinajstić information content (AvgIpc) is 2.04. The molecule has 10 heavy (non-hydrogen) atoms. The van der Waals surface area contributed by atoms with Crippen molar-refractivity contribution in [1.82, 2.24) is 4.98 Å². The Kier molecular flexibility index (Phi) is 2.23. The minimum absolute atomic E-state index is 0.0395. The van der Waals surface area contributed by atoms with Crippen molar-refractivity contribution < 1.29 is 9.84 Å². The van der Waals surface area contributed by atoms with E-state index in [1.165, 1.54) is 7.11 Å². The Labute approximate surface area is 59.3 Å². The van der Waals surface area contributed by atoms with E-state index < -0.39 is 0 Å². The largest absolute Gasteiger partial charge is 0.494 e. The van der Waals surface area contributed by atoms with E-state index in [-0.39, 0.29) is 6.61 Å². The molecule has 0 atom stereocenters. The van der Waals surface area contributed by atoms with Crippen LogP contribution in [0.3, 0.4) is 0 Å². The van der Waals surface area contributed by atoms with E-state index in [2.05, 4.69) is 11.2 Å². The Morgan fingerprint density at radius 2 is 2.60 bits per heavy atom. The van der Waals surface area contributed by atoms with Crippen LogP contribution in [0.5, 0.6) is 5.75 Å². The van der Waals surface area contributed by atoms with Crippen molar-refractivity contribution in [2.75, 3.05) is 7.11 Å². The van der Waals surface area contributed by atoms with Gasteiger partial charge in [-0.25, -0.2) is 0 Å². The van der Waals surface area contributed by atoms with Crippen LogP contribution in [0.1, 0.15) is 5.56 Å². The van der Waals surface area contributed by atoms with E-state index in [9.17, 15) is 0 Å². The molecular formula is C7H8NO2. The molecule has 0 aliphatic carbocycles. The summed E-state index contributed by atoms with van der Waals surface area (Å²) in [5.41, 5.74) is 0.706. The Morgan fingerprint density at radius 1 is 1.80 bits per heavy atom. The molecule has 1 heterocycles. The van der Waals surface area contributed by atoms with Gasteiger partial charge in [-0.1, -0.05) is 0 Å². The van der Waals surface area contributed by atoms with Crippen LogP contribution in [-0.2, 0) is 6.61 Å². The van der Waals surface area contributed by atoms with Gasteiger partial charge in [0.15, 0.2) is 5.75 Å². The van der Waals surface area contributed by atoms with Gasteiger partial charge in [0, 0.05) is 11.8 Å². The minimum atomic E-state index is -0.0395. The van der Waals surface area contributed by atoms with Crippen molar-refractivity contribution in [2.24, 2.45) is 0 Å². The molecule has 1 rings (SSSR count). The number of rotatable bonds is 2. The van der Waals surface area contributed by atoms with E-state index >= 15 is 0 Å². The van der Waals surface area contributed by atoms with Crippen LogP contribution in [0.4, 0.5) is 0 Å². The zero-order valence-electron chi connectivity index (χ0n) is 5.66. The number of hydrogen-bond acceptors (Lipinski definition) is 3. The summed E-state index contributed by atoms with van der Waals surface area (Å²) < 4.78 is 4.86. The van der Waals surface area contributed by atoms with Crippen LogP contribution in [0, 0.1) is 6.20 Å². The molecule has 0 fully saturated rings. The Hall–Kier alpha value is -1.09. The number of aliphatic hydroxyl groups excluding tert-OH is 1. The lowest BCUT2D eigenvalue weighted by Gasteiger charge is -2.01. The predicted octanol–water partition coefficient (Wildman–Crippen LogP) is 0.383. The minimum Gasteiger partial charge on any atom is -0.494 e. The molecule has 1 radical (unpaired) electrons. The predicted molar refractivity (Wildman–Crippen MR) is 35.5 cm³/mol. The van der Waals surface area contributed by atoms with Gasteiger partial charge >= 0.3 is 0 Å². The van der Waals surface area contributed by atoms with E-state index in [1.807, 2.05) is 0 Å². The first-order valence-electron chi connectivity index (χ1n) is 2.89. The van der Waals surface area contributed by atoms with E-state index in [4.69, 9.17) is 9.84 Å². The first-order valence-corrected chi connectivity index (χ1v) is 2.89. The van der Waals surface area contributed by atoms with E-state index in [0.717, 1.165) is 0 Å². The molecule has 0 amide bonds. The van der Waals surface area contributed by atoms with Crippen LogP contribution in [0.25, 0.3) is 0 Å². The molecule has 53 valence electrons. The van der Waals surface area contributed by atoms with Crippen LogP contribution in [0.2, 0.25) is 0 Å². The summed E-state index contributed by atoms with van der Waals surface area (Å²) in [6.07, 6.45) is 4.17. The zero-order chi connectivity index (χ0) is 7.40. The summed E-state index contributed by atoms with van der Waals surface area (Å²) in [4.78, 5) is 3.70. The third-order valence-corrected chi connectivity index (χ3v) is 1.18. The van der Waals surface area contributed by atoms with Gasteiger partial charge in [0.1, 0.15) is 6.20 Å². The van der Waals surface area contributed by atoms with Crippen LogP contribution >= 0.6 is 0 Å². The maximum atomic E-state index is 8.72. The quantitative estimate of drug-likeness (QED) is 0.642. The maximum Gasteiger partial charge on any atom is 0.152 e. The van der Waals surface area contributed by atoms with Gasteiger partial charge in [-0.2, -0.15) is 0 Å². The summed E-state index contributed by atoms with van der Waals surface area (Å²) in [6.45, 7) is -0.0395. The molecule has 3 heteroatoms. The molecule has 1 aromatic heterocycles. The number of aromatic nitrogens is 1. The lowest BCUT2D eigenvalue weighted by atomic mass is 10.3. The Morgan fingerprint density at radius 3 is 3.10 bits per heavy atom. The molecule has 0 unspecified atom stereocenters. The standard InChI is InChI=1S/C7H8NO2/c1-10-7-4-8-3-2-6(7)5-9/h2-3,9H,5H2,1H3. The van der Waals surface area contributed by atoms with Crippen LogP contribution < -0.4 is 4.74 Å². The molecule has 1 N–H and O–H groups in total. The topological polar surface area (TPSA) is 42.4 Å². The number of ether oxygens (including phenoxy) is 1. The molecule has 0 aliphatic rings. The van der Waals surface area contributed by atoms with Crippen molar-refractivity contribution in [1.29, 1.82) is 0 Å². The second kappa shape index (κ2) is 3.17. The lowest BCUT2D eigenvalue weighted by molar-refractivity contribution is 0.273. The number of nitrogens with zero attached hydrogens (tertiary/aromatic N) is 1. The molecular weight excluding hydrogens is 130 g/mol. The fourth-order valence-electron chi connectivity index (χ4n) is 0.672. The van der Waals surface area contributed by atoms with Gasteiger partial charge in [-0.3, -0.25) is 4.98 Å². The highest BCUT2D eigenvalue weighted by Gasteiger charge is 1.98. The molecule has 1 aromatic rings. The van der Waals surface area contributed by atoms with Gasteiger partial charge in [-0.15, -0.1) is 0 Å². The average molecular weight is 138 g/mol. The van der Waals surface area contributed by atoms with Crippen molar-refractivity contribution in [3.05, 3.63) is 24.0 Å². The molecule has 3 nitrogen and oxygen atoms in total. The highest BCUT2D eigenvalue weighted by Crippen LogP contribution is 2.13. The summed E-state index contributed by atoms with van der Waals surface area (Å²) in [7, 11) is 1.52. The highest BCUT2D eigenvalue weighted by molar-refractivity contribution is 5.27. The molecule has 0 bridgehead atoms. The second-order valence-electron chi connectivity index (χ2n) is 1.77. The number of hydrogen-bond donors (Lipinski definition) is 1. The SMILES string of the molecule is COc1[c]nccc1CO. The fraction of sp³-hybridized carbons (Fsp3) is 0.286. The summed E-state index contributed by atoms with van der Waals surface area (Å²) in [5, 5.41) is 8.72. The normalized spacial score (nSPS) is 9.40. The van der Waals surface area contributed by atoms with E-state index in [1.54, 1.807) is 12.3 Å². The van der Waals surface area contributed by atoms with Gasteiger partial charge in [0.25, 0.3) is 0 Å². The van der Waals surface area contributed by atoms with Gasteiger partial charge in [-0.05, 0) is 6.07 Å². The Balaban J connectivity index is 2.96. The molecule has 0 aromatic carbocycles. The summed E-state index contributed by atoms with van der Waals surface area (Å²) >= 11 is 0. The monoisotopic (exact) mass is 138 g/mol. The number of aliphatic hydroxyl groups is 1. The first kappa shape index (κ1) is 7.02. The fourth-order valence-corrected chi connectivity index (χ4v) is 0.672. The lowest BCUT2D eigenvalue weighted by Crippen LogP contribution is -1.91. The third kappa shape index (κ3) is 1.25. The summed E-state index contributed by atoms with van der Waals surface area (Å²) in [6, 6.07) is 1.69. The number of pyridine rings is 1. The van der Waals surface area contributed by atoms with Crippen molar-refractivity contribution in [2.45, 2.75) is 6.61 Å². The van der Waals surface area contributed by atoms with E-state index in [0.29, 0.717) is 11.3 Å². The van der Waals surface area contributed by atoms with Crippen molar-refractivity contribution in [3.63, 3.8) is 0 Å². The molecule has 0 saturated carbocycles. The van der Waals surface area contributed by atoms with Crippen molar-refractivity contribution in [3.8, 4) is 5.75 Å². The second-order valence-corrected chi connectivity index (χ2v) is 1.77. The highest BCUT2D eigenvalue weighted by atomic mass is 16.5. The molecule has 0 aliphatic heterocycles. The Bertz CT molecular complexity index is 190. The van der Waals surface area contributed by atoms with Crippen LogP contribution in [-0.4, -0.2) is 17.2 Å². The smallest absolute Gasteiger partial charge is 0.152 e. The van der Waals surface area contributed by atoms with Crippen LogP contribution in [0.15, 0.2) is 12.3 Å². The van der Waals surface area contributed by atoms with Gasteiger partial charge in [0.2, 0.25) is 0 Å².